The van der Waals surface area contributed by atoms with Crippen LogP contribution in [-0.2, 0) is 13.1 Å². The van der Waals surface area contributed by atoms with E-state index in [1.807, 2.05) is 24.8 Å². The monoisotopic (exact) mass is 507 g/mol. The number of hydrogen-bond donors (Lipinski definition) is 2. The van der Waals surface area contributed by atoms with Crippen molar-refractivity contribution in [2.45, 2.75) is 51.6 Å². The summed E-state index contributed by atoms with van der Waals surface area (Å²) < 4.78 is 0. The molecule has 196 valence electrons. The highest BCUT2D eigenvalue weighted by atomic mass is 15.1. The second kappa shape index (κ2) is 11.5. The molecular formula is C31H37N7. The van der Waals surface area contributed by atoms with Gasteiger partial charge in [0, 0.05) is 42.6 Å². The van der Waals surface area contributed by atoms with Crippen molar-refractivity contribution in [2.75, 3.05) is 31.5 Å². The van der Waals surface area contributed by atoms with E-state index in [-0.39, 0.29) is 0 Å². The first-order valence-electron chi connectivity index (χ1n) is 14.0. The third-order valence-electron chi connectivity index (χ3n) is 7.78. The van der Waals surface area contributed by atoms with Crippen molar-refractivity contribution < 1.29 is 0 Å². The maximum atomic E-state index is 4.60. The van der Waals surface area contributed by atoms with Crippen molar-refractivity contribution in [3.8, 4) is 11.1 Å². The van der Waals surface area contributed by atoms with Crippen molar-refractivity contribution in [3.05, 3.63) is 78.5 Å². The summed E-state index contributed by atoms with van der Waals surface area (Å²) in [5.41, 5.74) is 8.24. The number of nitrogens with one attached hydrogen (secondary N) is 2. The van der Waals surface area contributed by atoms with Crippen LogP contribution in [0.4, 0.5) is 5.69 Å². The smallest absolute Gasteiger partial charge is 0.116 e. The normalized spacial score (nSPS) is 17.1. The molecule has 38 heavy (non-hydrogen) atoms. The summed E-state index contributed by atoms with van der Waals surface area (Å²) in [4.78, 5) is 14.1. The van der Waals surface area contributed by atoms with Crippen molar-refractivity contribution in [1.82, 2.24) is 30.0 Å². The van der Waals surface area contributed by atoms with Gasteiger partial charge < -0.3 is 5.32 Å². The van der Waals surface area contributed by atoms with Crippen LogP contribution in [0.25, 0.3) is 27.7 Å². The molecule has 0 aliphatic carbocycles. The number of H-pyrrole nitrogens is 1. The van der Waals surface area contributed by atoms with Gasteiger partial charge in [-0.1, -0.05) is 25.5 Å². The molecule has 0 amide bonds. The van der Waals surface area contributed by atoms with E-state index >= 15 is 0 Å². The molecule has 0 unspecified atom stereocenters. The van der Waals surface area contributed by atoms with Gasteiger partial charge in [0.25, 0.3) is 0 Å². The van der Waals surface area contributed by atoms with Gasteiger partial charge in [-0.15, -0.1) is 0 Å². The molecule has 6 rings (SSSR count). The first kappa shape index (κ1) is 24.8. The first-order valence-corrected chi connectivity index (χ1v) is 14.0. The van der Waals surface area contributed by atoms with Gasteiger partial charge in [-0.05, 0) is 92.8 Å². The minimum Gasteiger partial charge on any atom is -0.353 e. The summed E-state index contributed by atoms with van der Waals surface area (Å²) >= 11 is 0. The number of rotatable bonds is 8. The number of fused-ring (bicyclic) bond motifs is 1. The van der Waals surface area contributed by atoms with Crippen LogP contribution >= 0.6 is 0 Å². The predicted octanol–water partition coefficient (Wildman–Crippen LogP) is 6.07. The molecule has 0 saturated carbocycles. The van der Waals surface area contributed by atoms with Crippen LogP contribution in [-0.4, -0.2) is 56.1 Å². The molecule has 0 bridgehead atoms. The number of likely N-dealkylation sites (tertiary alicyclic amines) is 2. The summed E-state index contributed by atoms with van der Waals surface area (Å²) in [5.74, 6) is 0. The molecule has 2 aliphatic rings. The average molecular weight is 508 g/mol. The van der Waals surface area contributed by atoms with Crippen LogP contribution in [0.3, 0.4) is 0 Å². The first-order chi connectivity index (χ1) is 18.7. The van der Waals surface area contributed by atoms with E-state index in [0.29, 0.717) is 0 Å². The highest BCUT2D eigenvalue weighted by molar-refractivity contribution is 5.95. The molecule has 2 N–H and O–H groups in total. The molecule has 0 atom stereocenters. The van der Waals surface area contributed by atoms with E-state index in [1.165, 1.54) is 75.8 Å². The number of anilines is 1. The largest absolute Gasteiger partial charge is 0.353 e. The van der Waals surface area contributed by atoms with Crippen LogP contribution in [0.15, 0.2) is 61.7 Å². The zero-order chi connectivity index (χ0) is 25.7. The maximum Gasteiger partial charge on any atom is 0.116 e. The number of aromatic nitrogens is 4. The van der Waals surface area contributed by atoms with E-state index in [2.05, 4.69) is 72.2 Å². The Morgan fingerprint density at radius 1 is 0.763 bits per heavy atom. The Kier molecular flexibility index (Phi) is 7.47. The Balaban J connectivity index is 1.19. The van der Waals surface area contributed by atoms with Crippen molar-refractivity contribution in [2.24, 2.45) is 0 Å². The molecule has 1 aromatic carbocycles. The van der Waals surface area contributed by atoms with Crippen LogP contribution in [0, 0.1) is 0 Å². The van der Waals surface area contributed by atoms with Gasteiger partial charge in [-0.25, -0.2) is 0 Å². The molecule has 4 aromatic rings. The van der Waals surface area contributed by atoms with Gasteiger partial charge in [0.05, 0.1) is 23.1 Å². The minimum atomic E-state index is 0.752. The third kappa shape index (κ3) is 5.79. The third-order valence-corrected chi connectivity index (χ3v) is 7.78. The van der Waals surface area contributed by atoms with E-state index in [9.17, 15) is 0 Å². The Hall–Kier alpha value is -3.55. The van der Waals surface area contributed by atoms with Crippen LogP contribution in [0.5, 0.6) is 0 Å². The summed E-state index contributed by atoms with van der Waals surface area (Å²) in [6.45, 7) is 10.9. The molecule has 0 spiro atoms. The maximum absolute atomic E-state index is 4.60. The van der Waals surface area contributed by atoms with Gasteiger partial charge in [0.2, 0.25) is 0 Å². The molecule has 7 nitrogen and oxygen atoms in total. The van der Waals surface area contributed by atoms with Crippen molar-refractivity contribution in [3.63, 3.8) is 0 Å². The van der Waals surface area contributed by atoms with Gasteiger partial charge in [0.15, 0.2) is 0 Å². The van der Waals surface area contributed by atoms with Gasteiger partial charge in [0.1, 0.15) is 5.69 Å². The van der Waals surface area contributed by atoms with Crippen LogP contribution in [0.1, 0.15) is 55.3 Å². The lowest BCUT2D eigenvalue weighted by atomic mass is 10.0. The van der Waals surface area contributed by atoms with Gasteiger partial charge in [-0.3, -0.25) is 24.9 Å². The van der Waals surface area contributed by atoms with Crippen LogP contribution < -0.4 is 5.32 Å². The SMILES string of the molecule is C=C(Nc1cncc(CN2CCCCC2)c1)c1n[nH]c2ccc(-c3cncc(CN4CCCCC4)c3)cc12. The topological polar surface area (TPSA) is 73.0 Å². The fourth-order valence-electron chi connectivity index (χ4n) is 5.78. The summed E-state index contributed by atoms with van der Waals surface area (Å²) in [6.07, 6.45) is 15.6. The van der Waals surface area contributed by atoms with Crippen molar-refractivity contribution in [1.29, 1.82) is 0 Å². The lowest BCUT2D eigenvalue weighted by molar-refractivity contribution is 0.220. The molecule has 5 heterocycles. The Morgan fingerprint density at radius 3 is 2.13 bits per heavy atom. The number of hydrogen-bond acceptors (Lipinski definition) is 6. The van der Waals surface area contributed by atoms with E-state index in [4.69, 9.17) is 0 Å². The number of aromatic amines is 1. The lowest BCUT2D eigenvalue weighted by Gasteiger charge is -2.26. The molecule has 0 radical (unpaired) electrons. The number of nitrogens with zero attached hydrogens (tertiary/aromatic N) is 5. The average Bonchev–Trinajstić information content (AvgIpc) is 3.38. The van der Waals surface area contributed by atoms with Gasteiger partial charge in [-0.2, -0.15) is 5.10 Å². The summed E-state index contributed by atoms with van der Waals surface area (Å²) in [7, 11) is 0. The highest BCUT2D eigenvalue weighted by Gasteiger charge is 2.15. The molecule has 2 fully saturated rings. The van der Waals surface area contributed by atoms with E-state index < -0.39 is 0 Å². The zero-order valence-corrected chi connectivity index (χ0v) is 22.1. The Morgan fingerprint density at radius 2 is 1.42 bits per heavy atom. The van der Waals surface area contributed by atoms with E-state index in [0.717, 1.165) is 52.2 Å². The number of pyridine rings is 2. The predicted molar refractivity (Wildman–Crippen MR) is 154 cm³/mol. The molecule has 7 heteroatoms. The zero-order valence-electron chi connectivity index (χ0n) is 22.1. The number of benzene rings is 1. The fraction of sp³-hybridized carbons (Fsp3) is 0.387. The Labute approximate surface area is 225 Å². The minimum absolute atomic E-state index is 0.752. The molecular weight excluding hydrogens is 470 g/mol. The van der Waals surface area contributed by atoms with Crippen molar-refractivity contribution >= 4 is 22.3 Å². The second-order valence-corrected chi connectivity index (χ2v) is 10.8. The second-order valence-electron chi connectivity index (χ2n) is 10.8. The quantitative estimate of drug-likeness (QED) is 0.301. The lowest BCUT2D eigenvalue weighted by Crippen LogP contribution is -2.29. The summed E-state index contributed by atoms with van der Waals surface area (Å²) in [5, 5.41) is 12.3. The Bertz CT molecular complexity index is 1400. The van der Waals surface area contributed by atoms with Gasteiger partial charge >= 0.3 is 0 Å². The van der Waals surface area contributed by atoms with E-state index in [1.54, 1.807) is 0 Å². The number of piperidine rings is 2. The molecule has 3 aromatic heterocycles. The molecule has 2 saturated heterocycles. The van der Waals surface area contributed by atoms with Crippen LogP contribution in [0.2, 0.25) is 0 Å². The summed E-state index contributed by atoms with van der Waals surface area (Å²) in [6, 6.07) is 10.9. The fourth-order valence-corrected chi connectivity index (χ4v) is 5.78. The highest BCUT2D eigenvalue weighted by Crippen LogP contribution is 2.29. The standard InChI is InChI=1S/C31H37N7/c1-23(34-28-15-25(18-33-20-28)22-38-12-6-3-7-13-38)31-29-16-26(8-9-30(29)35-36-31)27-14-24(17-32-19-27)21-37-10-4-2-5-11-37/h8-9,14-20,34H,1-7,10-13,21-22H2,(H,35,36). The molecule has 2 aliphatic heterocycles.